The zero-order valence-electron chi connectivity index (χ0n) is 10.3. The molecule has 0 aromatic carbocycles. The van der Waals surface area contributed by atoms with Gasteiger partial charge in [0.05, 0.1) is 6.61 Å². The van der Waals surface area contributed by atoms with Crippen molar-refractivity contribution in [3.8, 4) is 0 Å². The molecule has 0 amide bonds. The Morgan fingerprint density at radius 2 is 2.00 bits per heavy atom. The van der Waals surface area contributed by atoms with Gasteiger partial charge in [-0.05, 0) is 59.2 Å². The van der Waals surface area contributed by atoms with Crippen molar-refractivity contribution in [3.05, 3.63) is 0 Å². The van der Waals surface area contributed by atoms with Crippen LogP contribution in [0, 0.1) is 5.92 Å². The molecule has 2 fully saturated rings. The van der Waals surface area contributed by atoms with E-state index in [9.17, 15) is 0 Å². The number of hydrogen-bond acceptors (Lipinski definition) is 3. The molecule has 0 radical (unpaired) electrons. The fraction of sp³-hybridized carbons (Fsp3) is 1.00. The van der Waals surface area contributed by atoms with Gasteiger partial charge in [0.2, 0.25) is 0 Å². The zero-order chi connectivity index (χ0) is 10.9. The van der Waals surface area contributed by atoms with Crippen molar-refractivity contribution in [2.75, 3.05) is 26.7 Å². The topological polar surface area (TPSA) is 24.5 Å². The molecular weight excluding hydrogens is 188 g/mol. The zero-order valence-corrected chi connectivity index (χ0v) is 10.3. The highest BCUT2D eigenvalue weighted by molar-refractivity contribution is 4.86. The van der Waals surface area contributed by atoms with Crippen molar-refractivity contribution < 1.29 is 4.74 Å². The summed E-state index contributed by atoms with van der Waals surface area (Å²) in [6.45, 7) is 7.77. The van der Waals surface area contributed by atoms with Crippen molar-refractivity contribution in [2.24, 2.45) is 5.92 Å². The van der Waals surface area contributed by atoms with Gasteiger partial charge in [-0.25, -0.2) is 0 Å². The van der Waals surface area contributed by atoms with E-state index < -0.39 is 0 Å². The maximum absolute atomic E-state index is 5.77. The lowest BCUT2D eigenvalue weighted by Gasteiger charge is -2.30. The number of piperidine rings is 1. The molecule has 1 unspecified atom stereocenters. The summed E-state index contributed by atoms with van der Waals surface area (Å²) < 4.78 is 5.77. The van der Waals surface area contributed by atoms with Gasteiger partial charge in [-0.1, -0.05) is 0 Å². The van der Waals surface area contributed by atoms with Gasteiger partial charge < -0.3 is 9.64 Å². The van der Waals surface area contributed by atoms with Crippen LogP contribution in [0.2, 0.25) is 0 Å². The molecule has 0 aliphatic carbocycles. The summed E-state index contributed by atoms with van der Waals surface area (Å²) in [5, 5.41) is 3.55. The van der Waals surface area contributed by atoms with Gasteiger partial charge in [0.15, 0.2) is 0 Å². The fourth-order valence-electron chi connectivity index (χ4n) is 2.56. The average molecular weight is 212 g/mol. The minimum Gasteiger partial charge on any atom is -0.361 e. The summed E-state index contributed by atoms with van der Waals surface area (Å²) in [5.74, 6) is 0.854. The molecule has 2 aliphatic rings. The monoisotopic (exact) mass is 212 g/mol. The molecule has 2 heterocycles. The highest BCUT2D eigenvalue weighted by Gasteiger charge is 2.32. The summed E-state index contributed by atoms with van der Waals surface area (Å²) in [4.78, 5) is 2.42. The molecule has 1 N–H and O–H groups in total. The van der Waals surface area contributed by atoms with Crippen molar-refractivity contribution in [3.63, 3.8) is 0 Å². The van der Waals surface area contributed by atoms with E-state index in [0.717, 1.165) is 12.5 Å². The van der Waals surface area contributed by atoms with Crippen molar-refractivity contribution >= 4 is 0 Å². The maximum Gasteiger partial charge on any atom is 0.108 e. The van der Waals surface area contributed by atoms with Gasteiger partial charge in [-0.3, -0.25) is 5.32 Å². The number of hydrogen-bond donors (Lipinski definition) is 1. The maximum atomic E-state index is 5.77. The SMILES string of the molecule is CN1CCC(CC2NC(C)(C)CO2)CC1. The molecular formula is C12H24N2O. The summed E-state index contributed by atoms with van der Waals surface area (Å²) in [5.41, 5.74) is 0.177. The molecule has 3 heteroatoms. The first-order valence-corrected chi connectivity index (χ1v) is 6.13. The Bertz CT molecular complexity index is 210. The molecule has 15 heavy (non-hydrogen) atoms. The summed E-state index contributed by atoms with van der Waals surface area (Å²) >= 11 is 0. The van der Waals surface area contributed by atoms with E-state index >= 15 is 0 Å². The minimum absolute atomic E-state index is 0.177. The lowest BCUT2D eigenvalue weighted by Crippen LogP contribution is -2.40. The van der Waals surface area contributed by atoms with Crippen LogP contribution in [0.3, 0.4) is 0 Å². The van der Waals surface area contributed by atoms with Crippen LogP contribution in [-0.2, 0) is 4.74 Å². The average Bonchev–Trinajstić information content (AvgIpc) is 2.50. The van der Waals surface area contributed by atoms with Crippen LogP contribution in [0.25, 0.3) is 0 Å². The smallest absolute Gasteiger partial charge is 0.108 e. The molecule has 2 rings (SSSR count). The number of nitrogens with zero attached hydrogens (tertiary/aromatic N) is 1. The Morgan fingerprint density at radius 1 is 1.33 bits per heavy atom. The van der Waals surface area contributed by atoms with E-state index in [0.29, 0.717) is 6.23 Å². The van der Waals surface area contributed by atoms with E-state index in [4.69, 9.17) is 4.74 Å². The predicted octanol–water partition coefficient (Wildman–Crippen LogP) is 1.44. The van der Waals surface area contributed by atoms with Crippen LogP contribution in [-0.4, -0.2) is 43.4 Å². The van der Waals surface area contributed by atoms with Crippen molar-refractivity contribution in [2.45, 2.75) is 44.9 Å². The largest absolute Gasteiger partial charge is 0.361 e. The van der Waals surface area contributed by atoms with Crippen LogP contribution in [0.15, 0.2) is 0 Å². The Kier molecular flexibility index (Phi) is 3.33. The van der Waals surface area contributed by atoms with Gasteiger partial charge in [-0.2, -0.15) is 0 Å². The third kappa shape index (κ3) is 3.16. The lowest BCUT2D eigenvalue weighted by molar-refractivity contribution is 0.0657. The number of likely N-dealkylation sites (tertiary alicyclic amines) is 1. The number of nitrogens with one attached hydrogen (secondary N) is 1. The standard InChI is InChI=1S/C12H24N2O/c1-12(2)9-15-11(13-12)8-10-4-6-14(3)7-5-10/h10-11,13H,4-9H2,1-3H3. The Balaban J connectivity index is 1.74. The summed E-state index contributed by atoms with van der Waals surface area (Å²) in [6.07, 6.45) is 4.15. The normalized spacial score (nSPS) is 33.4. The van der Waals surface area contributed by atoms with Gasteiger partial charge in [0.25, 0.3) is 0 Å². The third-order valence-electron chi connectivity index (χ3n) is 3.58. The molecule has 3 nitrogen and oxygen atoms in total. The molecule has 0 aromatic heterocycles. The van der Waals surface area contributed by atoms with E-state index in [1.54, 1.807) is 0 Å². The van der Waals surface area contributed by atoms with Crippen LogP contribution in [0.4, 0.5) is 0 Å². The van der Waals surface area contributed by atoms with E-state index in [1.807, 2.05) is 0 Å². The van der Waals surface area contributed by atoms with Crippen molar-refractivity contribution in [1.29, 1.82) is 0 Å². The molecule has 0 bridgehead atoms. The molecule has 0 saturated carbocycles. The summed E-state index contributed by atoms with van der Waals surface area (Å²) in [7, 11) is 2.21. The highest BCUT2D eigenvalue weighted by Crippen LogP contribution is 2.25. The van der Waals surface area contributed by atoms with Crippen molar-refractivity contribution in [1.82, 2.24) is 10.2 Å². The van der Waals surface area contributed by atoms with Crippen LogP contribution < -0.4 is 5.32 Å². The lowest BCUT2D eigenvalue weighted by atomic mass is 9.93. The second kappa shape index (κ2) is 4.40. The molecule has 0 aromatic rings. The second-order valence-corrected chi connectivity index (χ2v) is 5.81. The van der Waals surface area contributed by atoms with E-state index in [2.05, 4.69) is 31.1 Å². The Morgan fingerprint density at radius 3 is 2.53 bits per heavy atom. The van der Waals surface area contributed by atoms with Gasteiger partial charge in [0.1, 0.15) is 6.23 Å². The Hall–Kier alpha value is -0.120. The van der Waals surface area contributed by atoms with E-state index in [-0.39, 0.29) is 5.54 Å². The van der Waals surface area contributed by atoms with Gasteiger partial charge in [-0.15, -0.1) is 0 Å². The minimum atomic E-state index is 0.177. The number of ether oxygens (including phenoxy) is 1. The van der Waals surface area contributed by atoms with Gasteiger partial charge >= 0.3 is 0 Å². The molecule has 0 spiro atoms. The van der Waals surface area contributed by atoms with Gasteiger partial charge in [0, 0.05) is 5.54 Å². The van der Waals surface area contributed by atoms with Crippen LogP contribution >= 0.6 is 0 Å². The first-order chi connectivity index (χ1) is 7.05. The fourth-order valence-corrected chi connectivity index (χ4v) is 2.56. The van der Waals surface area contributed by atoms with Crippen LogP contribution in [0.1, 0.15) is 33.1 Å². The second-order valence-electron chi connectivity index (χ2n) is 5.81. The predicted molar refractivity (Wildman–Crippen MR) is 61.8 cm³/mol. The first-order valence-electron chi connectivity index (χ1n) is 6.13. The Labute approximate surface area is 93.2 Å². The quantitative estimate of drug-likeness (QED) is 0.749. The highest BCUT2D eigenvalue weighted by atomic mass is 16.5. The first kappa shape index (κ1) is 11.4. The molecule has 1 atom stereocenters. The van der Waals surface area contributed by atoms with Crippen LogP contribution in [0.5, 0.6) is 0 Å². The number of rotatable bonds is 2. The molecule has 2 aliphatic heterocycles. The molecule has 88 valence electrons. The molecule has 2 saturated heterocycles. The van der Waals surface area contributed by atoms with E-state index in [1.165, 1.54) is 32.4 Å². The third-order valence-corrected chi connectivity index (χ3v) is 3.58. The summed E-state index contributed by atoms with van der Waals surface area (Å²) in [6, 6.07) is 0.